The van der Waals surface area contributed by atoms with E-state index in [1.165, 1.54) is 35.4 Å². The van der Waals surface area contributed by atoms with Crippen molar-refractivity contribution in [3.05, 3.63) is 144 Å². The number of aliphatic hydroxyl groups excluding tert-OH is 1. The fraction of sp³-hybridized carbons (Fsp3) is 0.701. The van der Waals surface area contributed by atoms with Gasteiger partial charge in [0.05, 0.1) is 119 Å². The molecule has 4 aromatic rings. The first-order valence-corrected chi connectivity index (χ1v) is 51.8. The number of nitrogens with zero attached hydrogens (tertiary/aromatic N) is 2. The molecule has 10 rings (SSSR count). The summed E-state index contributed by atoms with van der Waals surface area (Å²) in [7, 11) is 9.19. The van der Waals surface area contributed by atoms with Crippen LogP contribution in [0.2, 0.25) is 0 Å². The van der Waals surface area contributed by atoms with Crippen molar-refractivity contribution in [3.63, 3.8) is 0 Å². The molecule has 3 N–H and O–H groups in total. The Morgan fingerprint density at radius 1 is 0.401 bits per heavy atom. The fourth-order valence-electron chi connectivity index (χ4n) is 21.8. The number of aliphatic hydroxyl groups is 3. The van der Waals surface area contributed by atoms with E-state index >= 15 is 0 Å². The van der Waals surface area contributed by atoms with Crippen molar-refractivity contribution in [2.75, 3.05) is 62.9 Å². The van der Waals surface area contributed by atoms with E-state index in [0.29, 0.717) is 35.1 Å². The molecule has 796 valence electrons. The first-order chi connectivity index (χ1) is 66.6. The van der Waals surface area contributed by atoms with E-state index in [2.05, 4.69) is 0 Å². The monoisotopic (exact) mass is 2020 g/mol. The van der Waals surface area contributed by atoms with Crippen LogP contribution in [-0.2, 0) is 119 Å². The van der Waals surface area contributed by atoms with Crippen LogP contribution in [0, 0.1) is 47.3 Å². The van der Waals surface area contributed by atoms with Crippen LogP contribution in [0.1, 0.15) is 244 Å². The number of carbonyl (C=O) groups is 8. The number of cyclic esters (lactones) is 2. The van der Waals surface area contributed by atoms with Crippen LogP contribution in [0.5, 0.6) is 0 Å². The standard InChI is InChI=1S/C54H81NO17S.C53H79NO15/c1-16-40-54(60,17-2)46(72-73(15,61)62)33(5)42(56)31(3)29-52(9,63-13)45(71-51-44(39(55(11)12)28-32(4)65-51)69-49(58)37-24-20-18-21-25-37)34(6)43(35(7)48(57)67-40)68-41-30-53(10,64-14)47(36(8)66-41)70-50(59)38-26-22-19-23-27-38;1-15-39-53(60,16-2)44(56)32(5)41(55)30(3)28-51(9,61-13)45(69-50-43(38(54(11)12)27-31(4)63-50)67-48(58)36-23-19-17-20-24-36)33(6)42(34(7)47(57)65-39)66-40-29-52(10,62-14)46(35(8)64-40)68-49(59)37-25-21-18-22-26-37/h18-27,31-36,39-41,43-47,51,60H,16-17,28-30H2,1-15H3;17-26,30-35,38-40,42-46,50,56,60H,15-16,27-29H2,1-14H3/t31-,32-,33+,34+,35-,36+,39+,40-,41?,43+,44-,45-,46+,47+,51?,52+,53-,54-;30-,31-,32+,33+,34-,35+,38+,39-,40?,42+,43-,44-,45-,46+,50?,51+,52-,53-/m11/s1. The summed E-state index contributed by atoms with van der Waals surface area (Å²) in [6.45, 7) is 34.4. The largest absolute Gasteiger partial charge is 0.459 e. The Labute approximate surface area is 839 Å². The van der Waals surface area contributed by atoms with Crippen molar-refractivity contribution in [1.82, 2.24) is 9.80 Å². The van der Waals surface area contributed by atoms with Gasteiger partial charge in [-0.3, -0.25) is 23.4 Å². The average Bonchev–Trinajstić information content (AvgIpc) is 0.783. The lowest BCUT2D eigenvalue weighted by Gasteiger charge is -2.50. The SMILES string of the molecule is CC[C@H]1OC(=O)[C@H](C)[C@@H](OC2C[C@@](C)(OC)[C@@H](OC(=O)c3ccccc3)[C@H](C)O2)[C@H](C)[C@@H](OC2O[C@H](C)C[C@H](N(C)C)[C@H]2OC(=O)c2ccccc2)[C@@](C)(OC)C[C@@H](C)C(=O)[C@H](C)[C@@H](O)[C@@]1(O)CC.CC[C@H]1OC(=O)[C@H](C)[C@@H](OC2C[C@@](C)(OC)[C@@H](OC(=O)c3ccccc3)[C@H](C)O2)[C@H](C)[C@@H](OC2O[C@H](C)C[C@H](N(C)C)[C@H]2OC(=O)c2ccccc2)[C@@](C)(OC)C[C@@H](C)C(=O)[C@H](C)[C@H](OS(C)(=O)=O)[C@@]1(O)CC. The molecule has 6 fully saturated rings. The van der Waals surface area contributed by atoms with Crippen molar-refractivity contribution in [2.24, 2.45) is 47.3 Å². The Morgan fingerprint density at radius 3 is 1.00 bits per heavy atom. The Morgan fingerprint density at radius 2 is 0.704 bits per heavy atom. The van der Waals surface area contributed by atoms with Crippen LogP contribution in [0.4, 0.5) is 0 Å². The number of rotatable bonds is 28. The van der Waals surface area contributed by atoms with Crippen molar-refractivity contribution in [1.29, 1.82) is 0 Å². The maximum Gasteiger partial charge on any atom is 0.338 e. The number of hydrogen-bond donors (Lipinski definition) is 3. The number of methoxy groups -OCH3 is 4. The minimum absolute atomic E-state index is 0.00329. The zero-order valence-corrected chi connectivity index (χ0v) is 89.2. The Bertz CT molecular complexity index is 4870. The first kappa shape index (κ1) is 118. The van der Waals surface area contributed by atoms with Gasteiger partial charge in [-0.2, -0.15) is 8.42 Å². The number of carbonyl (C=O) groups excluding carboxylic acids is 8. The molecule has 34 nitrogen and oxygen atoms in total. The van der Waals surface area contributed by atoms with E-state index in [1.54, 1.807) is 232 Å². The summed E-state index contributed by atoms with van der Waals surface area (Å²) in [5, 5.41) is 36.7. The normalized spacial score (nSPS) is 38.9. The lowest BCUT2D eigenvalue weighted by atomic mass is 9.73. The molecule has 0 saturated carbocycles. The highest BCUT2D eigenvalue weighted by Crippen LogP contribution is 2.48. The van der Waals surface area contributed by atoms with E-state index in [-0.39, 0.29) is 69.3 Å². The van der Waals surface area contributed by atoms with Gasteiger partial charge in [0.15, 0.2) is 49.6 Å². The third-order valence-corrected chi connectivity index (χ3v) is 31.0. The summed E-state index contributed by atoms with van der Waals surface area (Å²) in [5.74, 6) is -12.7. The molecule has 0 bridgehead atoms. The molecule has 142 heavy (non-hydrogen) atoms. The molecule has 4 aromatic carbocycles. The molecule has 0 amide bonds. The number of likely N-dealkylation sites (N-methyl/N-ethyl adjacent to an activating group) is 2. The number of hydrogen-bond acceptors (Lipinski definition) is 34. The van der Waals surface area contributed by atoms with Crippen LogP contribution in [0.3, 0.4) is 0 Å². The highest BCUT2D eigenvalue weighted by Gasteiger charge is 2.61. The number of esters is 6. The predicted octanol–water partition coefficient (Wildman–Crippen LogP) is 13.1. The molecular formula is C107H160N2O32S. The van der Waals surface area contributed by atoms with Crippen molar-refractivity contribution in [3.8, 4) is 0 Å². The molecule has 0 radical (unpaired) electrons. The molecule has 6 heterocycles. The minimum atomic E-state index is -4.31. The van der Waals surface area contributed by atoms with Gasteiger partial charge >= 0.3 is 35.8 Å². The molecule has 6 saturated heterocycles. The summed E-state index contributed by atoms with van der Waals surface area (Å²) < 4.78 is 149. The Kier molecular flexibility index (Phi) is 41.7. The molecule has 4 unspecified atom stereocenters. The van der Waals surface area contributed by atoms with Gasteiger partial charge in [0.2, 0.25) is 0 Å². The second kappa shape index (κ2) is 50.3. The van der Waals surface area contributed by atoms with Gasteiger partial charge in [-0.25, -0.2) is 19.2 Å². The zero-order chi connectivity index (χ0) is 106. The molecule has 6 aliphatic heterocycles. The highest BCUT2D eigenvalue weighted by molar-refractivity contribution is 7.86. The van der Waals surface area contributed by atoms with E-state index in [1.807, 2.05) is 58.8 Å². The van der Waals surface area contributed by atoms with Gasteiger partial charge in [-0.1, -0.05) is 142 Å². The third kappa shape index (κ3) is 27.6. The lowest BCUT2D eigenvalue weighted by Crippen LogP contribution is -2.62. The highest BCUT2D eigenvalue weighted by atomic mass is 32.2. The summed E-state index contributed by atoms with van der Waals surface area (Å²) in [6.07, 6.45) is -19.4. The van der Waals surface area contributed by atoms with Crippen molar-refractivity contribution < 1.29 is 152 Å². The van der Waals surface area contributed by atoms with E-state index < -0.39 is 255 Å². The number of ether oxygens (including phenoxy) is 18. The molecule has 36 atom stereocenters. The van der Waals surface area contributed by atoms with Crippen LogP contribution < -0.4 is 0 Å². The van der Waals surface area contributed by atoms with Gasteiger partial charge in [-0.05, 0) is 197 Å². The summed E-state index contributed by atoms with van der Waals surface area (Å²) in [6, 6.07) is 33.5. The van der Waals surface area contributed by atoms with E-state index in [0.717, 1.165) is 6.26 Å². The van der Waals surface area contributed by atoms with Crippen molar-refractivity contribution in [2.45, 2.75) is 371 Å². The Hall–Kier alpha value is -7.73. The van der Waals surface area contributed by atoms with Gasteiger partial charge in [-0.15, -0.1) is 0 Å². The third-order valence-electron chi connectivity index (χ3n) is 30.4. The smallest absolute Gasteiger partial charge is 0.338 e. The lowest BCUT2D eigenvalue weighted by molar-refractivity contribution is -0.319. The van der Waals surface area contributed by atoms with Crippen LogP contribution in [0.25, 0.3) is 0 Å². The molecule has 0 spiro atoms. The van der Waals surface area contributed by atoms with Crippen LogP contribution >= 0.6 is 0 Å². The molecule has 35 heteroatoms. The van der Waals surface area contributed by atoms with Gasteiger partial charge in [0, 0.05) is 76.8 Å². The quantitative estimate of drug-likeness (QED) is 0.0270. The van der Waals surface area contributed by atoms with E-state index in [4.69, 9.17) is 89.4 Å². The van der Waals surface area contributed by atoms with Crippen LogP contribution in [0.15, 0.2) is 121 Å². The molecule has 0 aliphatic carbocycles. The van der Waals surface area contributed by atoms with Gasteiger partial charge in [0.25, 0.3) is 10.1 Å². The summed E-state index contributed by atoms with van der Waals surface area (Å²) in [4.78, 5) is 118. The van der Waals surface area contributed by atoms with E-state index in [9.17, 15) is 62.1 Å². The molecule has 0 aromatic heterocycles. The van der Waals surface area contributed by atoms with Gasteiger partial charge in [0.1, 0.15) is 52.3 Å². The maximum absolute atomic E-state index is 15.0. The zero-order valence-electron chi connectivity index (χ0n) is 88.4. The molecule has 6 aliphatic rings. The fourth-order valence-corrected chi connectivity index (χ4v) is 22.5. The second-order valence-corrected chi connectivity index (χ2v) is 42.9. The predicted molar refractivity (Wildman–Crippen MR) is 524 cm³/mol. The van der Waals surface area contributed by atoms with Crippen molar-refractivity contribution >= 4 is 57.5 Å². The number of benzene rings is 4. The first-order valence-electron chi connectivity index (χ1n) is 50.0. The topological polar surface area (TPSA) is 413 Å². The van der Waals surface area contributed by atoms with Gasteiger partial charge < -0.3 is 110 Å². The maximum atomic E-state index is 15.0. The molecular weight excluding hydrogens is 1860 g/mol. The summed E-state index contributed by atoms with van der Waals surface area (Å²) in [5.41, 5.74) is -7.98. The Balaban J connectivity index is 0.000000317. The summed E-state index contributed by atoms with van der Waals surface area (Å²) >= 11 is 0. The van der Waals surface area contributed by atoms with Crippen LogP contribution in [-0.4, -0.2) is 312 Å². The second-order valence-electron chi connectivity index (χ2n) is 41.3. The minimum Gasteiger partial charge on any atom is -0.459 e. The average molecular weight is 2020 g/mol. The number of ketones is 2. The number of Topliss-reactive ketones (excluding diaryl/α,β-unsaturated/α-hetero) is 2.